The smallest absolute Gasteiger partial charge is 0.0701 e. The van der Waals surface area contributed by atoms with E-state index in [4.69, 9.17) is 9.84 Å². The first-order valence-corrected chi connectivity index (χ1v) is 6.67. The Labute approximate surface area is 110 Å². The molecule has 0 spiro atoms. The number of anilines is 1. The van der Waals surface area contributed by atoms with Gasteiger partial charge in [0.25, 0.3) is 0 Å². The van der Waals surface area contributed by atoms with Gasteiger partial charge < -0.3 is 14.7 Å². The van der Waals surface area contributed by atoms with Crippen molar-refractivity contribution in [1.29, 1.82) is 0 Å². The van der Waals surface area contributed by atoms with Gasteiger partial charge in [-0.1, -0.05) is 0 Å². The molecule has 1 aliphatic rings. The molecule has 1 fully saturated rings. The number of nitrogens with zero attached hydrogens (tertiary/aromatic N) is 2. The highest BCUT2D eigenvalue weighted by Gasteiger charge is 2.20. The molecule has 1 aliphatic heterocycles. The quantitative estimate of drug-likeness (QED) is 0.921. The van der Waals surface area contributed by atoms with Gasteiger partial charge in [-0.15, -0.1) is 0 Å². The first-order valence-electron chi connectivity index (χ1n) is 5.88. The van der Waals surface area contributed by atoms with Gasteiger partial charge in [0.2, 0.25) is 0 Å². The number of hydrogen-bond acceptors (Lipinski definition) is 4. The SMILES string of the molecule is OCCOC1CCN(c2ccncc2Br)CC1. The van der Waals surface area contributed by atoms with Gasteiger partial charge in [-0.05, 0) is 34.8 Å². The summed E-state index contributed by atoms with van der Waals surface area (Å²) in [7, 11) is 0. The van der Waals surface area contributed by atoms with E-state index in [1.165, 1.54) is 5.69 Å². The van der Waals surface area contributed by atoms with Crippen LogP contribution in [-0.4, -0.2) is 42.5 Å². The molecule has 2 rings (SSSR count). The third kappa shape index (κ3) is 3.40. The van der Waals surface area contributed by atoms with Crippen LogP contribution in [0.15, 0.2) is 22.9 Å². The van der Waals surface area contributed by atoms with Gasteiger partial charge in [0.05, 0.1) is 29.5 Å². The molecule has 0 amide bonds. The lowest BCUT2D eigenvalue weighted by Crippen LogP contribution is -2.37. The second-order valence-electron chi connectivity index (χ2n) is 4.11. The summed E-state index contributed by atoms with van der Waals surface area (Å²) >= 11 is 3.52. The lowest BCUT2D eigenvalue weighted by Gasteiger charge is -2.33. The molecule has 0 aliphatic carbocycles. The Balaban J connectivity index is 1.89. The number of ether oxygens (including phenoxy) is 1. The van der Waals surface area contributed by atoms with E-state index in [1.807, 2.05) is 18.5 Å². The van der Waals surface area contributed by atoms with E-state index >= 15 is 0 Å². The normalized spacial score (nSPS) is 17.4. The molecule has 5 heteroatoms. The zero-order valence-corrected chi connectivity index (χ0v) is 11.3. The van der Waals surface area contributed by atoms with Crippen molar-refractivity contribution >= 4 is 21.6 Å². The van der Waals surface area contributed by atoms with E-state index in [0.717, 1.165) is 30.4 Å². The number of rotatable bonds is 4. The van der Waals surface area contributed by atoms with Crippen molar-refractivity contribution in [2.24, 2.45) is 0 Å². The van der Waals surface area contributed by atoms with Crippen molar-refractivity contribution < 1.29 is 9.84 Å². The second-order valence-corrected chi connectivity index (χ2v) is 4.96. The van der Waals surface area contributed by atoms with Gasteiger partial charge in [-0.25, -0.2) is 0 Å². The number of aromatic nitrogens is 1. The highest BCUT2D eigenvalue weighted by Crippen LogP contribution is 2.27. The monoisotopic (exact) mass is 300 g/mol. The van der Waals surface area contributed by atoms with Crippen LogP contribution in [0.3, 0.4) is 0 Å². The summed E-state index contributed by atoms with van der Waals surface area (Å²) in [6.45, 7) is 2.52. The molecule has 0 radical (unpaired) electrons. The van der Waals surface area contributed by atoms with Crippen LogP contribution in [0, 0.1) is 0 Å². The predicted octanol–water partition coefficient (Wildman–Crippen LogP) is 1.82. The van der Waals surface area contributed by atoms with E-state index in [0.29, 0.717) is 12.7 Å². The van der Waals surface area contributed by atoms with Crippen LogP contribution in [0.1, 0.15) is 12.8 Å². The number of halogens is 1. The molecule has 17 heavy (non-hydrogen) atoms. The van der Waals surface area contributed by atoms with Gasteiger partial charge in [0.15, 0.2) is 0 Å². The zero-order valence-electron chi connectivity index (χ0n) is 9.68. The molecule has 94 valence electrons. The van der Waals surface area contributed by atoms with Gasteiger partial charge >= 0.3 is 0 Å². The maximum absolute atomic E-state index is 8.71. The lowest BCUT2D eigenvalue weighted by atomic mass is 10.1. The molecule has 0 atom stereocenters. The molecule has 4 nitrogen and oxygen atoms in total. The molecule has 2 heterocycles. The molecular formula is C12H17BrN2O2. The average molecular weight is 301 g/mol. The summed E-state index contributed by atoms with van der Waals surface area (Å²) in [6.07, 6.45) is 5.95. The topological polar surface area (TPSA) is 45.6 Å². The highest BCUT2D eigenvalue weighted by molar-refractivity contribution is 9.10. The zero-order chi connectivity index (χ0) is 12.1. The Morgan fingerprint density at radius 3 is 2.88 bits per heavy atom. The number of hydrogen-bond donors (Lipinski definition) is 1. The number of aliphatic hydroxyl groups is 1. The van der Waals surface area contributed by atoms with E-state index in [9.17, 15) is 0 Å². The Hall–Kier alpha value is -0.650. The fraction of sp³-hybridized carbons (Fsp3) is 0.583. The summed E-state index contributed by atoms with van der Waals surface area (Å²) < 4.78 is 6.58. The third-order valence-corrected chi connectivity index (χ3v) is 3.59. The number of aliphatic hydroxyl groups excluding tert-OH is 1. The standard InChI is InChI=1S/C12H17BrN2O2/c13-11-9-14-4-1-12(11)15-5-2-10(3-6-15)17-8-7-16/h1,4,9-10,16H,2-3,5-8H2. The third-order valence-electron chi connectivity index (χ3n) is 2.98. The van der Waals surface area contributed by atoms with Crippen molar-refractivity contribution in [3.05, 3.63) is 22.9 Å². The van der Waals surface area contributed by atoms with E-state index in [2.05, 4.69) is 25.8 Å². The number of piperidine rings is 1. The van der Waals surface area contributed by atoms with Gasteiger partial charge in [-0.3, -0.25) is 4.98 Å². The molecule has 1 saturated heterocycles. The van der Waals surface area contributed by atoms with Crippen molar-refractivity contribution in [3.63, 3.8) is 0 Å². The molecule has 1 N–H and O–H groups in total. The predicted molar refractivity (Wildman–Crippen MR) is 70.2 cm³/mol. The Kier molecular flexibility index (Phi) is 4.76. The largest absolute Gasteiger partial charge is 0.394 e. The second kappa shape index (κ2) is 6.33. The fourth-order valence-electron chi connectivity index (χ4n) is 2.11. The minimum absolute atomic E-state index is 0.107. The minimum Gasteiger partial charge on any atom is -0.394 e. The molecule has 0 bridgehead atoms. The summed E-state index contributed by atoms with van der Waals surface area (Å²) in [5.41, 5.74) is 1.20. The summed E-state index contributed by atoms with van der Waals surface area (Å²) in [4.78, 5) is 6.41. The van der Waals surface area contributed by atoms with Crippen LogP contribution in [0.2, 0.25) is 0 Å². The number of pyridine rings is 1. The van der Waals surface area contributed by atoms with Crippen LogP contribution in [0.4, 0.5) is 5.69 Å². The van der Waals surface area contributed by atoms with Gasteiger partial charge in [0.1, 0.15) is 0 Å². The first-order chi connectivity index (χ1) is 8.31. The Bertz CT molecular complexity index is 354. The lowest BCUT2D eigenvalue weighted by molar-refractivity contribution is 0.0159. The summed E-state index contributed by atoms with van der Waals surface area (Å²) in [5.74, 6) is 0. The van der Waals surface area contributed by atoms with E-state index < -0.39 is 0 Å². The van der Waals surface area contributed by atoms with Gasteiger partial charge in [0, 0.05) is 25.5 Å². The van der Waals surface area contributed by atoms with Crippen molar-refractivity contribution in [2.45, 2.75) is 18.9 Å². The van der Waals surface area contributed by atoms with Crippen molar-refractivity contribution in [2.75, 3.05) is 31.2 Å². The molecule has 1 aromatic rings. The Morgan fingerprint density at radius 1 is 1.47 bits per heavy atom. The van der Waals surface area contributed by atoms with Crippen molar-refractivity contribution in [3.8, 4) is 0 Å². The molecule has 0 saturated carbocycles. The molecule has 0 aromatic carbocycles. The van der Waals surface area contributed by atoms with E-state index in [1.54, 1.807) is 0 Å². The molecular weight excluding hydrogens is 284 g/mol. The van der Waals surface area contributed by atoms with Crippen molar-refractivity contribution in [1.82, 2.24) is 4.98 Å². The highest BCUT2D eigenvalue weighted by atomic mass is 79.9. The Morgan fingerprint density at radius 2 is 2.24 bits per heavy atom. The van der Waals surface area contributed by atoms with Crippen LogP contribution in [0.25, 0.3) is 0 Å². The first kappa shape index (κ1) is 12.8. The molecule has 1 aromatic heterocycles. The summed E-state index contributed by atoms with van der Waals surface area (Å²) in [5, 5.41) is 8.71. The van der Waals surface area contributed by atoms with Crippen LogP contribution in [0.5, 0.6) is 0 Å². The van der Waals surface area contributed by atoms with E-state index in [-0.39, 0.29) is 6.61 Å². The average Bonchev–Trinajstić information content (AvgIpc) is 2.38. The maximum Gasteiger partial charge on any atom is 0.0701 e. The maximum atomic E-state index is 8.71. The van der Waals surface area contributed by atoms with Gasteiger partial charge in [-0.2, -0.15) is 0 Å². The van der Waals surface area contributed by atoms with Crippen LogP contribution in [-0.2, 0) is 4.74 Å². The summed E-state index contributed by atoms with van der Waals surface area (Å²) in [6, 6.07) is 2.03. The molecule has 0 unspecified atom stereocenters. The fourth-order valence-corrected chi connectivity index (χ4v) is 2.61. The minimum atomic E-state index is 0.107. The van der Waals surface area contributed by atoms with Crippen LogP contribution < -0.4 is 4.90 Å². The van der Waals surface area contributed by atoms with Crippen LogP contribution >= 0.6 is 15.9 Å².